The molecule has 0 spiro atoms. The number of ketones is 1. The Morgan fingerprint density at radius 3 is 2.55 bits per heavy atom. The third-order valence-corrected chi connectivity index (χ3v) is 1.57. The molecule has 0 aliphatic heterocycles. The average Bonchev–Trinajstić information content (AvgIpc) is 2.04. The van der Waals surface area contributed by atoms with Crippen LogP contribution in [-0.4, -0.2) is 18.3 Å². The summed E-state index contributed by atoms with van der Waals surface area (Å²) in [6, 6.07) is 7.05. The first-order chi connectivity index (χ1) is 5.25. The van der Waals surface area contributed by atoms with Gasteiger partial charge in [0.1, 0.15) is 0 Å². The van der Waals surface area contributed by atoms with Crippen LogP contribution in [0.3, 0.4) is 0 Å². The van der Waals surface area contributed by atoms with Crippen LogP contribution < -0.4 is 5.46 Å². The van der Waals surface area contributed by atoms with Crippen LogP contribution in [0.4, 0.5) is 0 Å². The summed E-state index contributed by atoms with van der Waals surface area (Å²) in [5.41, 5.74) is 1.30. The molecule has 0 atom stereocenters. The highest BCUT2D eigenvalue weighted by atomic mass is 16.2. The van der Waals surface area contributed by atoms with Gasteiger partial charge in [-0.25, -0.2) is 0 Å². The van der Waals surface area contributed by atoms with E-state index in [0.29, 0.717) is 11.0 Å². The third kappa shape index (κ3) is 1.68. The van der Waals surface area contributed by atoms with Crippen molar-refractivity contribution in [3.8, 4) is 0 Å². The van der Waals surface area contributed by atoms with Gasteiger partial charge in [0.05, 0.1) is 0 Å². The van der Waals surface area contributed by atoms with Gasteiger partial charge in [-0.05, 0) is 12.4 Å². The lowest BCUT2D eigenvalue weighted by Gasteiger charge is -2.00. The van der Waals surface area contributed by atoms with E-state index in [1.165, 1.54) is 6.92 Å². The van der Waals surface area contributed by atoms with Crippen LogP contribution in [0.5, 0.6) is 0 Å². The normalized spacial score (nSPS) is 9.27. The molecule has 0 unspecified atom stereocenters. The van der Waals surface area contributed by atoms with Gasteiger partial charge in [0, 0.05) is 5.56 Å². The summed E-state index contributed by atoms with van der Waals surface area (Å²) < 4.78 is 0. The zero-order valence-corrected chi connectivity index (χ0v) is 6.37. The Hall–Kier alpha value is -1.09. The molecule has 3 heteroatoms. The molecule has 2 nitrogen and oxygen atoms in total. The lowest BCUT2D eigenvalue weighted by atomic mass is 9.83. The van der Waals surface area contributed by atoms with Crippen LogP contribution in [0, 0.1) is 0 Å². The number of benzene rings is 1. The fourth-order valence-corrected chi connectivity index (χ4v) is 1.00. The van der Waals surface area contributed by atoms with Crippen molar-refractivity contribution in [1.82, 2.24) is 0 Å². The van der Waals surface area contributed by atoms with Gasteiger partial charge in [0.15, 0.2) is 5.78 Å². The molecule has 0 aliphatic rings. The Morgan fingerprint density at radius 1 is 1.45 bits per heavy atom. The molecule has 1 N–H and O–H groups in total. The van der Waals surface area contributed by atoms with Gasteiger partial charge >= 0.3 is 7.48 Å². The fourth-order valence-electron chi connectivity index (χ4n) is 1.00. The first kappa shape index (κ1) is 8.02. The maximum absolute atomic E-state index is 10.9. The Labute approximate surface area is 66.1 Å². The van der Waals surface area contributed by atoms with E-state index >= 15 is 0 Å². The quantitative estimate of drug-likeness (QED) is 0.468. The minimum Gasteiger partial charge on any atom is -0.449 e. The van der Waals surface area contributed by atoms with Crippen LogP contribution in [0.1, 0.15) is 17.3 Å². The Kier molecular flexibility index (Phi) is 2.44. The van der Waals surface area contributed by atoms with Gasteiger partial charge in [0.25, 0.3) is 0 Å². The summed E-state index contributed by atoms with van der Waals surface area (Å²) in [4.78, 5) is 10.9. The molecule has 0 radical (unpaired) electrons. The molecular formula is C8H9BO2. The zero-order chi connectivity index (χ0) is 8.27. The summed E-state index contributed by atoms with van der Waals surface area (Å²) in [5.74, 6) is -0.00495. The molecule has 0 heterocycles. The van der Waals surface area contributed by atoms with E-state index < -0.39 is 0 Å². The molecule has 0 amide bonds. The molecule has 1 rings (SSSR count). The lowest BCUT2D eigenvalue weighted by Crippen LogP contribution is -2.20. The molecular weight excluding hydrogens is 139 g/mol. The van der Waals surface area contributed by atoms with Crippen molar-refractivity contribution in [2.24, 2.45) is 0 Å². The van der Waals surface area contributed by atoms with Crippen LogP contribution in [0.15, 0.2) is 24.3 Å². The van der Waals surface area contributed by atoms with Gasteiger partial charge < -0.3 is 5.02 Å². The SMILES string of the molecule is CC(=O)c1ccccc1BO. The van der Waals surface area contributed by atoms with Crippen LogP contribution in [-0.2, 0) is 0 Å². The number of carbonyl (C=O) groups excluding carboxylic acids is 1. The monoisotopic (exact) mass is 148 g/mol. The highest BCUT2D eigenvalue weighted by molar-refractivity contribution is 6.48. The molecule has 1 aromatic carbocycles. The summed E-state index contributed by atoms with van der Waals surface area (Å²) >= 11 is 0. The number of carbonyl (C=O) groups is 1. The van der Waals surface area contributed by atoms with E-state index in [4.69, 9.17) is 5.02 Å². The lowest BCUT2D eigenvalue weighted by molar-refractivity contribution is 0.101. The van der Waals surface area contributed by atoms with Crippen molar-refractivity contribution >= 4 is 18.7 Å². The van der Waals surface area contributed by atoms with Gasteiger partial charge in [-0.2, -0.15) is 0 Å². The van der Waals surface area contributed by atoms with Crippen LogP contribution in [0.25, 0.3) is 0 Å². The van der Waals surface area contributed by atoms with Crippen molar-refractivity contribution in [2.45, 2.75) is 6.92 Å². The molecule has 1 aromatic rings. The largest absolute Gasteiger partial charge is 0.449 e. The molecule has 0 aromatic heterocycles. The van der Waals surface area contributed by atoms with Crippen molar-refractivity contribution in [3.05, 3.63) is 29.8 Å². The predicted molar refractivity (Wildman–Crippen MR) is 45.4 cm³/mol. The van der Waals surface area contributed by atoms with Gasteiger partial charge in [0.2, 0.25) is 0 Å². The van der Waals surface area contributed by atoms with Gasteiger partial charge in [-0.3, -0.25) is 4.79 Å². The van der Waals surface area contributed by atoms with E-state index in [1.54, 1.807) is 24.3 Å². The van der Waals surface area contributed by atoms with E-state index in [-0.39, 0.29) is 13.3 Å². The maximum atomic E-state index is 10.9. The minimum absolute atomic E-state index is 0.00495. The zero-order valence-electron chi connectivity index (χ0n) is 6.37. The van der Waals surface area contributed by atoms with E-state index in [1.807, 2.05) is 0 Å². The second kappa shape index (κ2) is 3.35. The Bertz CT molecular complexity index is 271. The highest BCUT2D eigenvalue weighted by Crippen LogP contribution is 1.95. The topological polar surface area (TPSA) is 37.3 Å². The van der Waals surface area contributed by atoms with Gasteiger partial charge in [-0.15, -0.1) is 0 Å². The van der Waals surface area contributed by atoms with Crippen molar-refractivity contribution in [3.63, 3.8) is 0 Å². The second-order valence-electron chi connectivity index (χ2n) is 2.37. The number of hydrogen-bond donors (Lipinski definition) is 1. The standard InChI is InChI=1S/C8H9BO2/c1-6(10)7-4-2-3-5-8(7)9-11/h2-5,9,11H,1H3. The number of hydrogen-bond acceptors (Lipinski definition) is 2. The molecule has 0 saturated heterocycles. The smallest absolute Gasteiger partial charge is 0.305 e. The number of rotatable bonds is 2. The van der Waals surface area contributed by atoms with Crippen LogP contribution >= 0.6 is 0 Å². The fraction of sp³-hybridized carbons (Fsp3) is 0.125. The third-order valence-electron chi connectivity index (χ3n) is 1.57. The maximum Gasteiger partial charge on any atom is 0.305 e. The summed E-state index contributed by atoms with van der Waals surface area (Å²) in [5, 5.41) is 8.82. The minimum atomic E-state index is -0.0737. The Morgan fingerprint density at radius 2 is 2.09 bits per heavy atom. The van der Waals surface area contributed by atoms with Crippen molar-refractivity contribution in [1.29, 1.82) is 0 Å². The molecule has 11 heavy (non-hydrogen) atoms. The average molecular weight is 148 g/mol. The summed E-state index contributed by atoms with van der Waals surface area (Å²) in [6.07, 6.45) is 0. The first-order valence-electron chi connectivity index (χ1n) is 3.45. The van der Waals surface area contributed by atoms with E-state index in [2.05, 4.69) is 0 Å². The van der Waals surface area contributed by atoms with Crippen molar-refractivity contribution < 1.29 is 9.82 Å². The molecule has 0 saturated carbocycles. The molecule has 56 valence electrons. The van der Waals surface area contributed by atoms with Crippen LogP contribution in [0.2, 0.25) is 0 Å². The predicted octanol–water partition coefficient (Wildman–Crippen LogP) is -0.142. The molecule has 0 aliphatic carbocycles. The number of Topliss-reactive ketones (excluding diaryl/α,β-unsaturated/α-hetero) is 1. The summed E-state index contributed by atoms with van der Waals surface area (Å²) in [6.45, 7) is 1.49. The summed E-state index contributed by atoms with van der Waals surface area (Å²) in [7, 11) is -0.0737. The van der Waals surface area contributed by atoms with Crippen molar-refractivity contribution in [2.75, 3.05) is 0 Å². The highest BCUT2D eigenvalue weighted by Gasteiger charge is 2.04. The van der Waals surface area contributed by atoms with Gasteiger partial charge in [-0.1, -0.05) is 24.3 Å². The molecule has 0 bridgehead atoms. The van der Waals surface area contributed by atoms with E-state index in [9.17, 15) is 4.79 Å². The Balaban J connectivity index is 3.12. The second-order valence-corrected chi connectivity index (χ2v) is 2.37. The van der Waals surface area contributed by atoms with E-state index in [0.717, 1.165) is 0 Å². The molecule has 0 fully saturated rings. The first-order valence-corrected chi connectivity index (χ1v) is 3.45.